The molecular formula is C25H37ClN2O2S. The van der Waals surface area contributed by atoms with Crippen LogP contribution in [0, 0.1) is 0 Å². The highest BCUT2D eigenvalue weighted by molar-refractivity contribution is 7.09. The molecule has 4 nitrogen and oxygen atoms in total. The predicted octanol–water partition coefficient (Wildman–Crippen LogP) is 5.15. The zero-order chi connectivity index (χ0) is 21.6. The topological polar surface area (TPSA) is 61.4 Å². The summed E-state index contributed by atoms with van der Waals surface area (Å²) >= 11 is 1.66. The maximum Gasteiger partial charge on any atom is 0.217 e. The Kier molecular flexibility index (Phi) is 10.0. The molecule has 0 saturated heterocycles. The van der Waals surface area contributed by atoms with Crippen LogP contribution >= 0.6 is 23.7 Å². The van der Waals surface area contributed by atoms with E-state index in [4.69, 9.17) is 0 Å². The van der Waals surface area contributed by atoms with Crippen LogP contribution in [0.25, 0.3) is 0 Å². The number of amides is 1. The van der Waals surface area contributed by atoms with Crippen molar-refractivity contribution in [3.05, 3.63) is 57.8 Å². The quantitative estimate of drug-likeness (QED) is 0.480. The average Bonchev–Trinajstić information content (AvgIpc) is 3.25. The molecule has 1 heterocycles. The number of hydrogen-bond donors (Lipinski definition) is 3. The molecule has 1 saturated carbocycles. The molecule has 1 aliphatic rings. The van der Waals surface area contributed by atoms with E-state index >= 15 is 0 Å². The summed E-state index contributed by atoms with van der Waals surface area (Å²) in [5.41, 5.74) is 2.58. The van der Waals surface area contributed by atoms with Crippen molar-refractivity contribution >= 4 is 29.7 Å². The highest BCUT2D eigenvalue weighted by Crippen LogP contribution is 2.38. The largest absolute Gasteiger partial charge is 0.390 e. The molecule has 0 bridgehead atoms. The molecule has 1 aromatic carbocycles. The maximum atomic E-state index is 11.7. The number of hydrogen-bond acceptors (Lipinski definition) is 4. The van der Waals surface area contributed by atoms with E-state index in [1.165, 1.54) is 42.2 Å². The van der Waals surface area contributed by atoms with Crippen LogP contribution in [0.15, 0.2) is 41.8 Å². The minimum Gasteiger partial charge on any atom is -0.390 e. The molecule has 172 valence electrons. The van der Waals surface area contributed by atoms with Crippen LogP contribution in [0.1, 0.15) is 74.8 Å². The molecule has 1 amide bonds. The van der Waals surface area contributed by atoms with Gasteiger partial charge in [-0.25, -0.2) is 0 Å². The molecule has 3 rings (SSSR count). The van der Waals surface area contributed by atoms with Crippen LogP contribution in [0.4, 0.5) is 0 Å². The van der Waals surface area contributed by atoms with Crippen molar-refractivity contribution < 1.29 is 9.90 Å². The van der Waals surface area contributed by atoms with Gasteiger partial charge in [-0.05, 0) is 41.3 Å². The van der Waals surface area contributed by atoms with Crippen LogP contribution in [0.3, 0.4) is 0 Å². The molecule has 1 fully saturated rings. The monoisotopic (exact) mass is 464 g/mol. The van der Waals surface area contributed by atoms with Gasteiger partial charge in [0, 0.05) is 30.3 Å². The smallest absolute Gasteiger partial charge is 0.217 e. The first-order valence-corrected chi connectivity index (χ1v) is 12.1. The van der Waals surface area contributed by atoms with Crippen LogP contribution < -0.4 is 10.6 Å². The molecule has 3 N–H and O–H groups in total. The lowest BCUT2D eigenvalue weighted by molar-refractivity contribution is -0.120. The number of rotatable bonds is 9. The van der Waals surface area contributed by atoms with E-state index in [9.17, 15) is 9.90 Å². The molecule has 0 spiro atoms. The zero-order valence-corrected chi connectivity index (χ0v) is 20.5. The van der Waals surface area contributed by atoms with E-state index < -0.39 is 6.10 Å². The van der Waals surface area contributed by atoms with Crippen molar-refractivity contribution in [2.45, 2.75) is 82.9 Å². The second kappa shape index (κ2) is 12.0. The van der Waals surface area contributed by atoms with Gasteiger partial charge in [0.15, 0.2) is 0 Å². The van der Waals surface area contributed by atoms with Gasteiger partial charge in [0.05, 0.1) is 12.1 Å². The first kappa shape index (κ1) is 25.9. The van der Waals surface area contributed by atoms with Crippen molar-refractivity contribution in [2.75, 3.05) is 6.54 Å². The van der Waals surface area contributed by atoms with Gasteiger partial charge in [-0.1, -0.05) is 63.4 Å². The molecule has 2 atom stereocenters. The van der Waals surface area contributed by atoms with Gasteiger partial charge in [-0.3, -0.25) is 4.79 Å². The van der Waals surface area contributed by atoms with Gasteiger partial charge < -0.3 is 15.7 Å². The Bertz CT molecular complexity index is 804. The first-order chi connectivity index (χ1) is 14.4. The number of carbonyl (C=O) groups is 1. The Morgan fingerprint density at radius 3 is 2.52 bits per heavy atom. The number of nitrogens with one attached hydrogen (secondary N) is 2. The summed E-state index contributed by atoms with van der Waals surface area (Å²) in [5.74, 6) is 0.388. The minimum atomic E-state index is -0.650. The zero-order valence-electron chi connectivity index (χ0n) is 18.9. The molecule has 0 radical (unpaired) electrons. The summed E-state index contributed by atoms with van der Waals surface area (Å²) in [6.07, 6.45) is 5.81. The fourth-order valence-electron chi connectivity index (χ4n) is 4.55. The Morgan fingerprint density at radius 2 is 1.90 bits per heavy atom. The van der Waals surface area contributed by atoms with Crippen LogP contribution in [-0.4, -0.2) is 29.7 Å². The lowest BCUT2D eigenvalue weighted by Gasteiger charge is -2.40. The molecule has 1 aromatic heterocycles. The number of halogens is 1. The van der Waals surface area contributed by atoms with Crippen molar-refractivity contribution in [1.82, 2.24) is 10.6 Å². The molecule has 6 heteroatoms. The lowest BCUT2D eigenvalue weighted by Crippen LogP contribution is -2.53. The SMILES string of the molecule is CC(=O)N[C@@H](Cc1cccs1)[C@H](O)CNC1(c2cccc(C(C)C)c2)CCCCC1.Cl. The Hall–Kier alpha value is -1.40. The molecule has 0 unspecified atom stereocenters. The van der Waals surface area contributed by atoms with Crippen molar-refractivity contribution in [3.8, 4) is 0 Å². The highest BCUT2D eigenvalue weighted by Gasteiger charge is 2.35. The molecule has 31 heavy (non-hydrogen) atoms. The Morgan fingerprint density at radius 1 is 1.16 bits per heavy atom. The van der Waals surface area contributed by atoms with E-state index in [1.54, 1.807) is 11.3 Å². The number of aliphatic hydroxyl groups excluding tert-OH is 1. The summed E-state index contributed by atoms with van der Waals surface area (Å²) in [6.45, 7) is 6.43. The second-order valence-electron chi connectivity index (χ2n) is 8.96. The van der Waals surface area contributed by atoms with Gasteiger partial charge in [-0.2, -0.15) is 0 Å². The lowest BCUT2D eigenvalue weighted by atomic mass is 9.75. The van der Waals surface area contributed by atoms with E-state index in [2.05, 4.69) is 54.8 Å². The molecule has 2 aromatic rings. The van der Waals surface area contributed by atoms with Gasteiger partial charge >= 0.3 is 0 Å². The average molecular weight is 465 g/mol. The van der Waals surface area contributed by atoms with Crippen molar-refractivity contribution in [3.63, 3.8) is 0 Å². The van der Waals surface area contributed by atoms with Gasteiger partial charge in [0.2, 0.25) is 5.91 Å². The standard InChI is InChI=1S/C25H36N2O2S.ClH/c1-18(2)20-9-7-10-21(15-20)25(12-5-4-6-13-25)26-17-24(29)23(27-19(3)28)16-22-11-8-14-30-22;/h7-11,14-15,18,23-24,26,29H,4-6,12-13,16-17H2,1-3H3,(H,27,28);1H/t23-,24+;/m0./s1. The first-order valence-electron chi connectivity index (χ1n) is 11.2. The van der Waals surface area contributed by atoms with Crippen LogP contribution in [0.2, 0.25) is 0 Å². The van der Waals surface area contributed by atoms with E-state index in [1.807, 2.05) is 11.4 Å². The van der Waals surface area contributed by atoms with E-state index in [0.29, 0.717) is 18.9 Å². The minimum absolute atomic E-state index is 0. The van der Waals surface area contributed by atoms with E-state index in [0.717, 1.165) is 12.8 Å². The maximum absolute atomic E-state index is 11.7. The predicted molar refractivity (Wildman–Crippen MR) is 132 cm³/mol. The fourth-order valence-corrected chi connectivity index (χ4v) is 5.32. The van der Waals surface area contributed by atoms with Gasteiger partial charge in [0.1, 0.15) is 0 Å². The van der Waals surface area contributed by atoms with Gasteiger partial charge in [0.25, 0.3) is 0 Å². The number of thiophene rings is 1. The third-order valence-corrected chi connectivity index (χ3v) is 7.22. The van der Waals surface area contributed by atoms with Crippen molar-refractivity contribution in [2.24, 2.45) is 0 Å². The van der Waals surface area contributed by atoms with E-state index in [-0.39, 0.29) is 29.9 Å². The Balaban J connectivity index is 0.00000341. The summed E-state index contributed by atoms with van der Waals surface area (Å²) in [4.78, 5) is 12.9. The normalized spacial score (nSPS) is 17.6. The van der Waals surface area contributed by atoms with Crippen LogP contribution in [0.5, 0.6) is 0 Å². The molecule has 0 aliphatic heterocycles. The van der Waals surface area contributed by atoms with Gasteiger partial charge in [-0.15, -0.1) is 23.7 Å². The summed E-state index contributed by atoms with van der Waals surface area (Å²) in [5, 5.41) is 19.8. The number of benzene rings is 1. The summed E-state index contributed by atoms with van der Waals surface area (Å²) in [7, 11) is 0. The van der Waals surface area contributed by atoms with Crippen LogP contribution in [-0.2, 0) is 16.8 Å². The van der Waals surface area contributed by atoms with Crippen molar-refractivity contribution in [1.29, 1.82) is 0 Å². The number of carbonyl (C=O) groups excluding carboxylic acids is 1. The summed E-state index contributed by atoms with van der Waals surface area (Å²) in [6, 6.07) is 12.7. The fraction of sp³-hybridized carbons (Fsp3) is 0.560. The summed E-state index contributed by atoms with van der Waals surface area (Å²) < 4.78 is 0. The number of aliphatic hydroxyl groups is 1. The molecule has 1 aliphatic carbocycles. The third kappa shape index (κ3) is 7.04. The Labute approximate surface area is 197 Å². The third-order valence-electron chi connectivity index (χ3n) is 6.32. The highest BCUT2D eigenvalue weighted by atomic mass is 35.5. The molecular weight excluding hydrogens is 428 g/mol. The second-order valence-corrected chi connectivity index (χ2v) is 9.99.